The quantitative estimate of drug-likeness (QED) is 0.770. The Morgan fingerprint density at radius 2 is 2.00 bits per heavy atom. The van der Waals surface area contributed by atoms with E-state index in [1.54, 1.807) is 0 Å². The van der Waals surface area contributed by atoms with Crippen molar-refractivity contribution in [3.63, 3.8) is 0 Å². The second-order valence-electron chi connectivity index (χ2n) is 5.08. The topological polar surface area (TPSA) is 17.3 Å². The van der Waals surface area contributed by atoms with Crippen molar-refractivity contribution in [1.29, 1.82) is 0 Å². The fourth-order valence-corrected chi connectivity index (χ4v) is 2.00. The van der Waals surface area contributed by atoms with E-state index >= 15 is 0 Å². The second-order valence-corrected chi connectivity index (χ2v) is 6.00. The molecule has 2 aromatic rings. The third-order valence-electron chi connectivity index (χ3n) is 2.18. The van der Waals surface area contributed by atoms with Crippen molar-refractivity contribution < 1.29 is 0 Å². The zero-order valence-corrected chi connectivity index (χ0v) is 10.9. The van der Waals surface area contributed by atoms with Crippen LogP contribution in [0.4, 0.5) is 0 Å². The van der Waals surface area contributed by atoms with Crippen LogP contribution in [-0.2, 0) is 6.42 Å². The average Bonchev–Trinajstić information content (AvgIpc) is 2.42. The van der Waals surface area contributed by atoms with Crippen LogP contribution in [0.25, 0.3) is 5.65 Å². The van der Waals surface area contributed by atoms with Gasteiger partial charge < -0.3 is 4.40 Å². The van der Waals surface area contributed by atoms with Gasteiger partial charge in [0.25, 0.3) is 0 Å². The van der Waals surface area contributed by atoms with Gasteiger partial charge in [-0.1, -0.05) is 20.8 Å². The zero-order chi connectivity index (χ0) is 11.1. The Kier molecular flexibility index (Phi) is 2.59. The summed E-state index contributed by atoms with van der Waals surface area (Å²) in [6.45, 7) is 6.69. The van der Waals surface area contributed by atoms with E-state index in [0.29, 0.717) is 0 Å². The molecule has 2 rings (SSSR count). The Morgan fingerprint density at radius 1 is 1.27 bits per heavy atom. The van der Waals surface area contributed by atoms with Gasteiger partial charge in [-0.25, -0.2) is 4.98 Å². The minimum absolute atomic E-state index is 0.287. The summed E-state index contributed by atoms with van der Waals surface area (Å²) in [6, 6.07) is 4.04. The number of nitrogens with zero attached hydrogens (tertiary/aromatic N) is 2. The first-order chi connectivity index (χ1) is 6.94. The smallest absolute Gasteiger partial charge is 0.137 e. The number of imidazole rings is 1. The van der Waals surface area contributed by atoms with Gasteiger partial charge in [-0.15, -0.1) is 0 Å². The first kappa shape index (κ1) is 10.7. The summed E-state index contributed by atoms with van der Waals surface area (Å²) in [5, 5.41) is 0. The molecule has 0 N–H and O–H groups in total. The minimum atomic E-state index is 0.287. The lowest BCUT2D eigenvalue weighted by atomic mass is 9.91. The molecule has 0 fully saturated rings. The second kappa shape index (κ2) is 3.63. The highest BCUT2D eigenvalue weighted by molar-refractivity contribution is 9.10. The van der Waals surface area contributed by atoms with Crippen molar-refractivity contribution in [3.8, 4) is 0 Å². The van der Waals surface area contributed by atoms with E-state index < -0.39 is 0 Å². The first-order valence-electron chi connectivity index (χ1n) is 5.07. The number of fused-ring (bicyclic) bond motifs is 1. The van der Waals surface area contributed by atoms with Crippen LogP contribution in [0.1, 0.15) is 26.5 Å². The molecule has 0 unspecified atom stereocenters. The lowest BCUT2D eigenvalue weighted by Gasteiger charge is -2.15. The predicted molar refractivity (Wildman–Crippen MR) is 66.1 cm³/mol. The molecular formula is C12H15BrN2. The predicted octanol–water partition coefficient (Wildman–Crippen LogP) is 3.69. The molecule has 2 nitrogen and oxygen atoms in total. The van der Waals surface area contributed by atoms with Crippen LogP contribution in [0.3, 0.4) is 0 Å². The number of pyridine rings is 1. The third kappa shape index (κ3) is 2.59. The van der Waals surface area contributed by atoms with E-state index in [9.17, 15) is 0 Å². The summed E-state index contributed by atoms with van der Waals surface area (Å²) in [5.74, 6) is 0. The zero-order valence-electron chi connectivity index (χ0n) is 9.29. The average molecular weight is 267 g/mol. The Balaban J connectivity index is 2.39. The lowest BCUT2D eigenvalue weighted by molar-refractivity contribution is 0.407. The molecule has 0 aliphatic rings. The number of halogens is 1. The minimum Gasteiger partial charge on any atom is -0.306 e. The van der Waals surface area contributed by atoms with Gasteiger partial charge in [0.05, 0.1) is 5.69 Å². The van der Waals surface area contributed by atoms with Crippen LogP contribution in [0.2, 0.25) is 0 Å². The van der Waals surface area contributed by atoms with Gasteiger partial charge in [-0.2, -0.15) is 0 Å². The molecule has 80 valence electrons. The molecule has 3 heteroatoms. The molecule has 0 aromatic carbocycles. The van der Waals surface area contributed by atoms with E-state index in [1.807, 2.05) is 18.3 Å². The van der Waals surface area contributed by atoms with Gasteiger partial charge in [0.1, 0.15) is 5.65 Å². The van der Waals surface area contributed by atoms with Gasteiger partial charge in [-0.05, 0) is 39.9 Å². The van der Waals surface area contributed by atoms with E-state index in [1.165, 1.54) is 0 Å². The van der Waals surface area contributed by atoms with Gasteiger partial charge in [0.15, 0.2) is 0 Å². The lowest BCUT2D eigenvalue weighted by Crippen LogP contribution is -2.09. The summed E-state index contributed by atoms with van der Waals surface area (Å²) >= 11 is 3.45. The Morgan fingerprint density at radius 3 is 2.67 bits per heavy atom. The Labute approximate surface area is 98.5 Å². The Bertz CT molecular complexity index is 480. The summed E-state index contributed by atoms with van der Waals surface area (Å²) in [4.78, 5) is 4.58. The molecular weight excluding hydrogens is 252 g/mol. The van der Waals surface area contributed by atoms with Crippen molar-refractivity contribution in [2.24, 2.45) is 5.41 Å². The molecule has 0 bridgehead atoms. The molecule has 2 heterocycles. The summed E-state index contributed by atoms with van der Waals surface area (Å²) < 4.78 is 3.14. The van der Waals surface area contributed by atoms with Crippen LogP contribution < -0.4 is 0 Å². The summed E-state index contributed by atoms with van der Waals surface area (Å²) in [7, 11) is 0. The van der Waals surface area contributed by atoms with Crippen molar-refractivity contribution in [2.45, 2.75) is 27.2 Å². The molecule has 0 spiro atoms. The fraction of sp³-hybridized carbons (Fsp3) is 0.417. The first-order valence-corrected chi connectivity index (χ1v) is 5.86. The maximum absolute atomic E-state index is 4.58. The highest BCUT2D eigenvalue weighted by atomic mass is 79.9. The maximum atomic E-state index is 4.58. The monoisotopic (exact) mass is 266 g/mol. The van der Waals surface area contributed by atoms with E-state index in [4.69, 9.17) is 0 Å². The van der Waals surface area contributed by atoms with Gasteiger partial charge in [0, 0.05) is 16.9 Å². The van der Waals surface area contributed by atoms with E-state index in [0.717, 1.165) is 22.2 Å². The molecule has 0 aliphatic carbocycles. The van der Waals surface area contributed by atoms with Crippen LogP contribution in [-0.4, -0.2) is 9.38 Å². The standard InChI is InChI=1S/C12H15BrN2/c1-12(2,3)6-10-8-15-7-9(13)4-5-11(15)14-10/h4-5,7-8H,6H2,1-3H3. The van der Waals surface area contributed by atoms with Crippen LogP contribution in [0.15, 0.2) is 29.0 Å². The summed E-state index contributed by atoms with van der Waals surface area (Å²) in [5.41, 5.74) is 2.45. The van der Waals surface area contributed by atoms with Crippen LogP contribution in [0.5, 0.6) is 0 Å². The SMILES string of the molecule is CC(C)(C)Cc1cn2cc(Br)ccc2n1. The largest absolute Gasteiger partial charge is 0.306 e. The third-order valence-corrected chi connectivity index (χ3v) is 2.65. The van der Waals surface area contributed by atoms with Crippen LogP contribution >= 0.6 is 15.9 Å². The number of hydrogen-bond donors (Lipinski definition) is 0. The number of rotatable bonds is 1. The van der Waals surface area contributed by atoms with Crippen molar-refractivity contribution in [1.82, 2.24) is 9.38 Å². The maximum Gasteiger partial charge on any atom is 0.137 e. The fourth-order valence-electron chi connectivity index (χ4n) is 1.65. The highest BCUT2D eigenvalue weighted by Gasteiger charge is 2.13. The molecule has 0 saturated carbocycles. The molecule has 0 saturated heterocycles. The normalized spacial score (nSPS) is 12.3. The number of aromatic nitrogens is 2. The number of hydrogen-bond acceptors (Lipinski definition) is 1. The molecule has 0 aliphatic heterocycles. The molecule has 2 aromatic heterocycles. The Hall–Kier alpha value is -0.830. The van der Waals surface area contributed by atoms with Gasteiger partial charge in [-0.3, -0.25) is 0 Å². The van der Waals surface area contributed by atoms with Crippen molar-refractivity contribution >= 4 is 21.6 Å². The van der Waals surface area contributed by atoms with E-state index in [2.05, 4.69) is 52.3 Å². The van der Waals surface area contributed by atoms with Crippen molar-refractivity contribution in [2.75, 3.05) is 0 Å². The van der Waals surface area contributed by atoms with Crippen molar-refractivity contribution in [3.05, 3.63) is 34.7 Å². The van der Waals surface area contributed by atoms with Crippen LogP contribution in [0, 0.1) is 5.41 Å². The summed E-state index contributed by atoms with van der Waals surface area (Å²) in [6.07, 6.45) is 5.14. The molecule has 0 amide bonds. The molecule has 0 atom stereocenters. The van der Waals surface area contributed by atoms with Gasteiger partial charge >= 0.3 is 0 Å². The molecule has 15 heavy (non-hydrogen) atoms. The molecule has 0 radical (unpaired) electrons. The van der Waals surface area contributed by atoms with Gasteiger partial charge in [0.2, 0.25) is 0 Å². The highest BCUT2D eigenvalue weighted by Crippen LogP contribution is 2.21. The van der Waals surface area contributed by atoms with E-state index in [-0.39, 0.29) is 5.41 Å².